The monoisotopic (exact) mass is 348 g/mol. The van der Waals surface area contributed by atoms with Gasteiger partial charge in [0.15, 0.2) is 0 Å². The van der Waals surface area contributed by atoms with Crippen LogP contribution in [0.15, 0.2) is 65.2 Å². The summed E-state index contributed by atoms with van der Waals surface area (Å²) in [5, 5.41) is 4.09. The molecule has 1 saturated heterocycles. The molecule has 0 saturated carbocycles. The van der Waals surface area contributed by atoms with Gasteiger partial charge in [-0.3, -0.25) is 4.79 Å². The summed E-state index contributed by atoms with van der Waals surface area (Å²) in [6.45, 7) is 2.74. The largest absolute Gasteiger partial charge is 0.339 e. The maximum absolute atomic E-state index is 12.5. The van der Waals surface area contributed by atoms with Crippen LogP contribution in [0.5, 0.6) is 0 Å². The zero-order valence-corrected chi connectivity index (χ0v) is 14.4. The van der Waals surface area contributed by atoms with Crippen molar-refractivity contribution in [2.75, 3.05) is 31.1 Å². The normalized spacial score (nSPS) is 14.5. The van der Waals surface area contributed by atoms with Crippen LogP contribution in [-0.4, -0.2) is 47.1 Å². The molecule has 1 aliphatic heterocycles. The van der Waals surface area contributed by atoms with Crippen LogP contribution in [0, 0.1) is 0 Å². The number of carbonyl (C=O) groups excluding carboxylic acids is 1. The average Bonchev–Trinajstić information content (AvgIpc) is 3.20. The van der Waals surface area contributed by atoms with Crippen molar-refractivity contribution in [2.24, 2.45) is 0 Å². The number of carbonyl (C=O) groups is 1. The molecule has 1 aromatic heterocycles. The second-order valence-electron chi connectivity index (χ2n) is 6.30. The maximum Gasteiger partial charge on any atom is 0.266 e. The van der Waals surface area contributed by atoms with Gasteiger partial charge in [-0.25, -0.2) is 0 Å². The minimum atomic E-state index is 0.161. The number of hydrogen-bond donors (Lipinski definition) is 0. The zero-order chi connectivity index (χ0) is 17.8. The molecule has 2 aromatic carbocycles. The molecular weight excluding hydrogens is 328 g/mol. The highest BCUT2D eigenvalue weighted by molar-refractivity contribution is 5.79. The third-order valence-electron chi connectivity index (χ3n) is 4.55. The highest BCUT2D eigenvalue weighted by Gasteiger charge is 2.24. The Hall–Kier alpha value is -3.15. The van der Waals surface area contributed by atoms with E-state index < -0.39 is 0 Å². The minimum Gasteiger partial charge on any atom is -0.339 e. The van der Waals surface area contributed by atoms with Crippen molar-refractivity contribution in [1.29, 1.82) is 0 Å². The summed E-state index contributed by atoms with van der Waals surface area (Å²) in [6.07, 6.45) is 0.446. The van der Waals surface area contributed by atoms with Gasteiger partial charge in [0.25, 0.3) is 11.8 Å². The first-order chi connectivity index (χ1) is 12.8. The Balaban J connectivity index is 1.35. The van der Waals surface area contributed by atoms with E-state index >= 15 is 0 Å². The molecule has 1 fully saturated rings. The van der Waals surface area contributed by atoms with E-state index in [-0.39, 0.29) is 5.91 Å². The van der Waals surface area contributed by atoms with Crippen molar-refractivity contribution in [3.8, 4) is 11.5 Å². The van der Waals surface area contributed by atoms with E-state index in [0.29, 0.717) is 44.4 Å². The molecule has 2 heterocycles. The van der Waals surface area contributed by atoms with Crippen LogP contribution in [0.2, 0.25) is 0 Å². The van der Waals surface area contributed by atoms with Gasteiger partial charge in [0.2, 0.25) is 5.91 Å². The van der Waals surface area contributed by atoms with E-state index in [0.717, 1.165) is 11.1 Å². The Morgan fingerprint density at radius 2 is 1.58 bits per heavy atom. The summed E-state index contributed by atoms with van der Waals surface area (Å²) in [5.41, 5.74) is 1.95. The molecule has 1 amide bonds. The molecule has 132 valence electrons. The Labute approximate surface area is 152 Å². The van der Waals surface area contributed by atoms with Crippen molar-refractivity contribution < 1.29 is 9.32 Å². The van der Waals surface area contributed by atoms with Gasteiger partial charge in [0.05, 0.1) is 6.42 Å². The SMILES string of the molecule is O=C(Cc1ccccc1)N1CCN(c2noc(-c3ccccc3)n2)CC1. The molecular formula is C20H20N4O2. The van der Waals surface area contributed by atoms with Gasteiger partial charge in [-0.15, -0.1) is 0 Å². The van der Waals surface area contributed by atoms with Crippen molar-refractivity contribution in [3.05, 3.63) is 66.2 Å². The van der Waals surface area contributed by atoms with Gasteiger partial charge in [-0.05, 0) is 22.9 Å². The quantitative estimate of drug-likeness (QED) is 0.725. The highest BCUT2D eigenvalue weighted by Crippen LogP contribution is 2.20. The van der Waals surface area contributed by atoms with E-state index in [2.05, 4.69) is 15.0 Å². The van der Waals surface area contributed by atoms with E-state index in [9.17, 15) is 4.79 Å². The lowest BCUT2D eigenvalue weighted by Gasteiger charge is -2.34. The smallest absolute Gasteiger partial charge is 0.266 e. The molecule has 0 N–H and O–H groups in total. The summed E-state index contributed by atoms with van der Waals surface area (Å²) < 4.78 is 5.37. The lowest BCUT2D eigenvalue weighted by atomic mass is 10.1. The summed E-state index contributed by atoms with van der Waals surface area (Å²) in [4.78, 5) is 20.9. The molecule has 26 heavy (non-hydrogen) atoms. The summed E-state index contributed by atoms with van der Waals surface area (Å²) >= 11 is 0. The second kappa shape index (κ2) is 7.39. The summed E-state index contributed by atoms with van der Waals surface area (Å²) in [7, 11) is 0. The predicted octanol–water partition coefficient (Wildman–Crippen LogP) is 2.63. The van der Waals surface area contributed by atoms with Gasteiger partial charge >= 0.3 is 0 Å². The Kier molecular flexibility index (Phi) is 4.64. The topological polar surface area (TPSA) is 62.5 Å². The maximum atomic E-state index is 12.5. The number of piperazine rings is 1. The first-order valence-electron chi connectivity index (χ1n) is 8.75. The molecule has 4 rings (SSSR count). The predicted molar refractivity (Wildman–Crippen MR) is 98.7 cm³/mol. The molecule has 0 aliphatic carbocycles. The standard InChI is InChI=1S/C20H20N4O2/c25-18(15-16-7-3-1-4-8-16)23-11-13-24(14-12-23)20-21-19(26-22-20)17-9-5-2-6-10-17/h1-10H,11-15H2. The molecule has 6 heteroatoms. The second-order valence-corrected chi connectivity index (χ2v) is 6.30. The number of benzene rings is 2. The lowest BCUT2D eigenvalue weighted by molar-refractivity contribution is -0.130. The Morgan fingerprint density at radius 1 is 0.923 bits per heavy atom. The molecule has 6 nitrogen and oxygen atoms in total. The number of aromatic nitrogens is 2. The van der Waals surface area contributed by atoms with Gasteiger partial charge in [-0.2, -0.15) is 4.98 Å². The fourth-order valence-electron chi connectivity index (χ4n) is 3.08. The average molecular weight is 348 g/mol. The molecule has 0 atom stereocenters. The number of hydrogen-bond acceptors (Lipinski definition) is 5. The van der Waals surface area contributed by atoms with Crippen molar-refractivity contribution in [1.82, 2.24) is 15.0 Å². The molecule has 0 unspecified atom stereocenters. The highest BCUT2D eigenvalue weighted by atomic mass is 16.5. The third-order valence-corrected chi connectivity index (χ3v) is 4.55. The van der Waals surface area contributed by atoms with Gasteiger partial charge in [-0.1, -0.05) is 48.5 Å². The van der Waals surface area contributed by atoms with Gasteiger partial charge in [0.1, 0.15) is 0 Å². The van der Waals surface area contributed by atoms with Crippen LogP contribution >= 0.6 is 0 Å². The molecule has 1 aliphatic rings. The van der Waals surface area contributed by atoms with Crippen LogP contribution in [0.4, 0.5) is 5.95 Å². The zero-order valence-electron chi connectivity index (χ0n) is 14.4. The molecule has 0 radical (unpaired) electrons. The Bertz CT molecular complexity index is 856. The lowest BCUT2D eigenvalue weighted by Crippen LogP contribution is -2.49. The van der Waals surface area contributed by atoms with Crippen LogP contribution in [-0.2, 0) is 11.2 Å². The summed E-state index contributed by atoms with van der Waals surface area (Å²) in [6, 6.07) is 19.6. The van der Waals surface area contributed by atoms with Crippen LogP contribution < -0.4 is 4.90 Å². The van der Waals surface area contributed by atoms with Crippen molar-refractivity contribution in [3.63, 3.8) is 0 Å². The first-order valence-corrected chi connectivity index (χ1v) is 8.75. The minimum absolute atomic E-state index is 0.161. The van der Waals surface area contributed by atoms with Crippen molar-refractivity contribution in [2.45, 2.75) is 6.42 Å². The third kappa shape index (κ3) is 3.59. The van der Waals surface area contributed by atoms with Crippen LogP contribution in [0.25, 0.3) is 11.5 Å². The molecule has 0 bridgehead atoms. The number of rotatable bonds is 4. The first kappa shape index (κ1) is 16.3. The van der Waals surface area contributed by atoms with Gasteiger partial charge < -0.3 is 14.3 Å². The number of nitrogens with zero attached hydrogens (tertiary/aromatic N) is 4. The van der Waals surface area contributed by atoms with E-state index in [1.807, 2.05) is 65.6 Å². The van der Waals surface area contributed by atoms with E-state index in [1.54, 1.807) is 0 Å². The van der Waals surface area contributed by atoms with Crippen LogP contribution in [0.1, 0.15) is 5.56 Å². The van der Waals surface area contributed by atoms with E-state index in [1.165, 1.54) is 0 Å². The fraction of sp³-hybridized carbons (Fsp3) is 0.250. The number of anilines is 1. The Morgan fingerprint density at radius 3 is 2.27 bits per heavy atom. The molecule has 0 spiro atoms. The van der Waals surface area contributed by atoms with Gasteiger partial charge in [0, 0.05) is 31.7 Å². The fourth-order valence-corrected chi connectivity index (χ4v) is 3.08. The van der Waals surface area contributed by atoms with Crippen molar-refractivity contribution >= 4 is 11.9 Å². The van der Waals surface area contributed by atoms with Crippen LogP contribution in [0.3, 0.4) is 0 Å². The molecule has 3 aromatic rings. The summed E-state index contributed by atoms with van der Waals surface area (Å²) in [5.74, 6) is 1.26. The number of amides is 1. The van der Waals surface area contributed by atoms with E-state index in [4.69, 9.17) is 4.52 Å².